The number of methoxy groups -OCH3 is 1. The lowest BCUT2D eigenvalue weighted by molar-refractivity contribution is -0.122. The van der Waals surface area contributed by atoms with Crippen LogP contribution in [0.5, 0.6) is 5.75 Å². The molecule has 3 aliphatic rings. The number of piperidine rings is 1. The van der Waals surface area contributed by atoms with Gasteiger partial charge >= 0.3 is 0 Å². The zero-order chi connectivity index (χ0) is 11.6. The Morgan fingerprint density at radius 2 is 2.41 bits per heavy atom. The standard InChI is InChI=1S/C13H14N2O2/c1-17-9-4-5-14-13-11(9)8-6-7-2-3-10(16)15(13)12(7)8/h4-5,7-8,12H,2-3,6H2,1H3/t7?,8-,12-/m0/s1. The summed E-state index contributed by atoms with van der Waals surface area (Å²) in [7, 11) is 1.69. The van der Waals surface area contributed by atoms with E-state index in [2.05, 4.69) is 4.98 Å². The van der Waals surface area contributed by atoms with Crippen LogP contribution >= 0.6 is 0 Å². The van der Waals surface area contributed by atoms with E-state index in [4.69, 9.17) is 4.74 Å². The molecule has 3 heterocycles. The van der Waals surface area contributed by atoms with E-state index >= 15 is 0 Å². The number of ether oxygens (including phenoxy) is 1. The van der Waals surface area contributed by atoms with Gasteiger partial charge in [0.2, 0.25) is 5.91 Å². The highest BCUT2D eigenvalue weighted by atomic mass is 16.5. The summed E-state index contributed by atoms with van der Waals surface area (Å²) in [5.74, 6) is 3.11. The van der Waals surface area contributed by atoms with Crippen LogP contribution in [0.1, 0.15) is 30.7 Å². The molecule has 1 saturated carbocycles. The fourth-order valence-electron chi connectivity index (χ4n) is 3.72. The van der Waals surface area contributed by atoms with Gasteiger partial charge in [0.15, 0.2) is 0 Å². The first-order valence-electron chi connectivity index (χ1n) is 6.16. The van der Waals surface area contributed by atoms with E-state index in [0.717, 1.165) is 23.6 Å². The van der Waals surface area contributed by atoms with Gasteiger partial charge in [-0.3, -0.25) is 9.69 Å². The van der Waals surface area contributed by atoms with Gasteiger partial charge in [-0.1, -0.05) is 0 Å². The molecule has 0 radical (unpaired) electrons. The van der Waals surface area contributed by atoms with Gasteiger partial charge in [0, 0.05) is 30.1 Å². The Balaban J connectivity index is 1.91. The van der Waals surface area contributed by atoms with Crippen molar-refractivity contribution < 1.29 is 9.53 Å². The lowest BCUT2D eigenvalue weighted by Gasteiger charge is -2.47. The van der Waals surface area contributed by atoms with Crippen molar-refractivity contribution in [3.63, 3.8) is 0 Å². The number of pyridine rings is 1. The molecular formula is C13H14N2O2. The predicted molar refractivity (Wildman–Crippen MR) is 62.1 cm³/mol. The summed E-state index contributed by atoms with van der Waals surface area (Å²) >= 11 is 0. The van der Waals surface area contributed by atoms with Crippen LogP contribution in [-0.4, -0.2) is 24.0 Å². The number of carbonyl (C=O) groups excluding carboxylic acids is 1. The molecule has 88 valence electrons. The van der Waals surface area contributed by atoms with Crippen LogP contribution in [0.3, 0.4) is 0 Å². The topological polar surface area (TPSA) is 42.4 Å². The van der Waals surface area contributed by atoms with Gasteiger partial charge in [-0.2, -0.15) is 0 Å². The number of rotatable bonds is 1. The van der Waals surface area contributed by atoms with E-state index < -0.39 is 0 Å². The Bertz CT molecular complexity index is 514. The molecule has 1 amide bonds. The van der Waals surface area contributed by atoms with Crippen LogP contribution in [0.2, 0.25) is 0 Å². The molecule has 17 heavy (non-hydrogen) atoms. The highest BCUT2D eigenvalue weighted by Crippen LogP contribution is 2.59. The smallest absolute Gasteiger partial charge is 0.228 e. The Morgan fingerprint density at radius 3 is 3.24 bits per heavy atom. The van der Waals surface area contributed by atoms with Crippen LogP contribution in [0.25, 0.3) is 0 Å². The zero-order valence-electron chi connectivity index (χ0n) is 9.72. The van der Waals surface area contributed by atoms with Gasteiger partial charge in [0.1, 0.15) is 11.6 Å². The average Bonchev–Trinajstić information content (AvgIpc) is 2.61. The van der Waals surface area contributed by atoms with Gasteiger partial charge in [0.05, 0.1) is 7.11 Å². The van der Waals surface area contributed by atoms with Crippen molar-refractivity contribution in [2.45, 2.75) is 31.2 Å². The molecule has 0 aromatic carbocycles. The number of carbonyl (C=O) groups is 1. The number of hydrogen-bond donors (Lipinski definition) is 0. The van der Waals surface area contributed by atoms with Crippen molar-refractivity contribution in [2.24, 2.45) is 5.92 Å². The highest BCUT2D eigenvalue weighted by Gasteiger charge is 2.57. The monoisotopic (exact) mass is 230 g/mol. The second-order valence-corrected chi connectivity index (χ2v) is 5.15. The summed E-state index contributed by atoms with van der Waals surface area (Å²) in [6, 6.07) is 2.27. The molecule has 1 unspecified atom stereocenters. The van der Waals surface area contributed by atoms with E-state index in [9.17, 15) is 4.79 Å². The maximum Gasteiger partial charge on any atom is 0.228 e. The van der Waals surface area contributed by atoms with Gasteiger partial charge in [0.25, 0.3) is 0 Å². The van der Waals surface area contributed by atoms with Gasteiger partial charge in [-0.15, -0.1) is 0 Å². The Hall–Kier alpha value is -1.58. The molecule has 1 aromatic rings. The van der Waals surface area contributed by atoms with E-state index in [0.29, 0.717) is 24.3 Å². The van der Waals surface area contributed by atoms with Gasteiger partial charge in [-0.05, 0) is 24.8 Å². The number of hydrogen-bond acceptors (Lipinski definition) is 3. The molecule has 1 saturated heterocycles. The number of anilines is 1. The Labute approximate surface area is 99.6 Å². The maximum atomic E-state index is 12.0. The molecule has 0 bridgehead atoms. The third-order valence-electron chi connectivity index (χ3n) is 4.50. The molecule has 4 rings (SSSR count). The number of amides is 1. The SMILES string of the molecule is COc1ccnc2c1[C@@H]1CC3CCC(=O)N2[C@@H]31. The first-order valence-corrected chi connectivity index (χ1v) is 6.16. The summed E-state index contributed by atoms with van der Waals surface area (Å²) in [6.07, 6.45) is 4.64. The minimum atomic E-state index is 0.232. The number of nitrogens with zero attached hydrogens (tertiary/aromatic N) is 2. The van der Waals surface area contributed by atoms with E-state index in [-0.39, 0.29) is 5.91 Å². The van der Waals surface area contributed by atoms with E-state index in [1.54, 1.807) is 13.3 Å². The van der Waals surface area contributed by atoms with Crippen LogP contribution in [-0.2, 0) is 4.79 Å². The molecule has 2 fully saturated rings. The molecule has 1 aliphatic carbocycles. The Morgan fingerprint density at radius 1 is 1.53 bits per heavy atom. The van der Waals surface area contributed by atoms with Crippen LogP contribution in [0, 0.1) is 5.92 Å². The molecule has 4 nitrogen and oxygen atoms in total. The first kappa shape index (κ1) is 9.45. The molecule has 1 aromatic heterocycles. The lowest BCUT2D eigenvalue weighted by Crippen LogP contribution is -2.54. The average molecular weight is 230 g/mol. The van der Waals surface area contributed by atoms with Crippen molar-refractivity contribution in [3.8, 4) is 5.75 Å². The summed E-state index contributed by atoms with van der Waals surface area (Å²) in [5.41, 5.74) is 1.16. The fraction of sp³-hybridized carbons (Fsp3) is 0.538. The molecule has 0 spiro atoms. The third-order valence-corrected chi connectivity index (χ3v) is 4.50. The lowest BCUT2D eigenvalue weighted by atomic mass is 9.65. The van der Waals surface area contributed by atoms with Crippen molar-refractivity contribution in [1.29, 1.82) is 0 Å². The molecule has 0 N–H and O–H groups in total. The van der Waals surface area contributed by atoms with Crippen LogP contribution in [0.4, 0.5) is 5.82 Å². The maximum absolute atomic E-state index is 12.0. The first-order chi connectivity index (χ1) is 8.31. The molecular weight excluding hydrogens is 216 g/mol. The van der Waals surface area contributed by atoms with Crippen molar-refractivity contribution in [1.82, 2.24) is 4.98 Å². The fourth-order valence-corrected chi connectivity index (χ4v) is 3.72. The van der Waals surface area contributed by atoms with E-state index in [1.807, 2.05) is 11.0 Å². The van der Waals surface area contributed by atoms with Crippen LogP contribution < -0.4 is 9.64 Å². The molecule has 2 aliphatic heterocycles. The second kappa shape index (κ2) is 3.00. The summed E-state index contributed by atoms with van der Waals surface area (Å²) < 4.78 is 5.42. The summed E-state index contributed by atoms with van der Waals surface area (Å²) in [4.78, 5) is 18.4. The number of aromatic nitrogens is 1. The Kier molecular flexibility index (Phi) is 1.67. The second-order valence-electron chi connectivity index (χ2n) is 5.15. The number of fused-ring (bicyclic) bond motifs is 3. The third kappa shape index (κ3) is 0.989. The van der Waals surface area contributed by atoms with Crippen LogP contribution in [0.15, 0.2) is 12.3 Å². The van der Waals surface area contributed by atoms with Gasteiger partial charge in [-0.25, -0.2) is 4.98 Å². The molecule has 3 atom stereocenters. The molecule has 4 heteroatoms. The van der Waals surface area contributed by atoms with Gasteiger partial charge < -0.3 is 4.74 Å². The minimum Gasteiger partial charge on any atom is -0.496 e. The normalized spacial score (nSPS) is 32.9. The minimum absolute atomic E-state index is 0.232. The van der Waals surface area contributed by atoms with Crippen molar-refractivity contribution >= 4 is 11.7 Å². The summed E-state index contributed by atoms with van der Waals surface area (Å²) in [5, 5.41) is 0. The van der Waals surface area contributed by atoms with Crippen molar-refractivity contribution in [2.75, 3.05) is 12.0 Å². The van der Waals surface area contributed by atoms with E-state index in [1.165, 1.54) is 6.42 Å². The zero-order valence-corrected chi connectivity index (χ0v) is 9.72. The predicted octanol–water partition coefficient (Wildman–Crippen LogP) is 1.70. The quantitative estimate of drug-likeness (QED) is 0.737. The summed E-state index contributed by atoms with van der Waals surface area (Å²) in [6.45, 7) is 0. The highest BCUT2D eigenvalue weighted by molar-refractivity contribution is 5.97. The van der Waals surface area contributed by atoms with Crippen molar-refractivity contribution in [3.05, 3.63) is 17.8 Å². The largest absolute Gasteiger partial charge is 0.496 e.